The molecule has 0 fully saturated rings. The van der Waals surface area contributed by atoms with Gasteiger partial charge in [-0.15, -0.1) is 0 Å². The van der Waals surface area contributed by atoms with Crippen LogP contribution >= 0.6 is 0 Å². The molecule has 1 aliphatic rings. The molecule has 1 atom stereocenters. The van der Waals surface area contributed by atoms with E-state index in [0.29, 0.717) is 12.3 Å². The first-order chi connectivity index (χ1) is 14.9. The van der Waals surface area contributed by atoms with Crippen molar-refractivity contribution in [3.8, 4) is 0 Å². The van der Waals surface area contributed by atoms with Crippen LogP contribution in [0.4, 0.5) is 5.69 Å². The molecule has 5 heteroatoms. The maximum absolute atomic E-state index is 14.1. The number of hydrogen-bond donors (Lipinski definition) is 0. The van der Waals surface area contributed by atoms with E-state index in [-0.39, 0.29) is 0 Å². The molecule has 0 radical (unpaired) electrons. The maximum Gasteiger partial charge on any atom is 0.378 e. The standard InChI is InChI=1S/C26H28N4O/c1-20-15-17-24(18-16-20)29-19-25(22-11-7-5-8-12-22)30(31)26(29,27-21(2)28(3)4)23-13-9-6-10-14-23/h5-18H,19H2,1-4H3/b27-21-. The summed E-state index contributed by atoms with van der Waals surface area (Å²) in [6.07, 6.45) is 0. The van der Waals surface area contributed by atoms with Gasteiger partial charge in [-0.2, -0.15) is 9.73 Å². The lowest BCUT2D eigenvalue weighted by Gasteiger charge is -2.34. The number of benzene rings is 3. The van der Waals surface area contributed by atoms with Crippen LogP contribution in [0.3, 0.4) is 0 Å². The van der Waals surface area contributed by atoms with Gasteiger partial charge in [-0.1, -0.05) is 54.1 Å². The second-order valence-electron chi connectivity index (χ2n) is 8.08. The van der Waals surface area contributed by atoms with Crippen LogP contribution in [0.25, 0.3) is 0 Å². The average molecular weight is 413 g/mol. The minimum atomic E-state index is -1.24. The Bertz CT molecular complexity index is 1110. The van der Waals surface area contributed by atoms with Crippen LogP contribution < -0.4 is 4.90 Å². The highest BCUT2D eigenvalue weighted by Gasteiger charge is 2.55. The molecule has 1 heterocycles. The van der Waals surface area contributed by atoms with E-state index in [0.717, 1.165) is 27.4 Å². The first-order valence-corrected chi connectivity index (χ1v) is 10.5. The second kappa shape index (κ2) is 8.26. The minimum absolute atomic E-state index is 0.454. The van der Waals surface area contributed by atoms with Gasteiger partial charge in [-0.3, -0.25) is 4.90 Å². The Labute approximate surface area is 184 Å². The zero-order chi connectivity index (χ0) is 22.0. The van der Waals surface area contributed by atoms with E-state index in [2.05, 4.69) is 36.1 Å². The summed E-state index contributed by atoms with van der Waals surface area (Å²) in [4.78, 5) is 9.11. The quantitative estimate of drug-likeness (QED) is 0.272. The van der Waals surface area contributed by atoms with Crippen LogP contribution in [0.2, 0.25) is 0 Å². The van der Waals surface area contributed by atoms with Gasteiger partial charge in [0.2, 0.25) is 5.71 Å². The topological polar surface area (TPSA) is 44.9 Å². The molecule has 0 N–H and O–H groups in total. The van der Waals surface area contributed by atoms with Crippen LogP contribution in [-0.4, -0.2) is 41.8 Å². The number of aliphatic imine (C=N–C) groups is 1. The molecule has 0 saturated heterocycles. The van der Waals surface area contributed by atoms with E-state index < -0.39 is 5.79 Å². The largest absolute Gasteiger partial charge is 0.620 e. The second-order valence-corrected chi connectivity index (χ2v) is 8.08. The van der Waals surface area contributed by atoms with Crippen LogP contribution in [0, 0.1) is 12.1 Å². The Hall–Kier alpha value is -3.60. The molecule has 0 spiro atoms. The molecule has 31 heavy (non-hydrogen) atoms. The molecule has 158 valence electrons. The first kappa shape index (κ1) is 20.7. The molecular formula is C26H28N4O. The Balaban J connectivity index is 2.02. The lowest BCUT2D eigenvalue weighted by Crippen LogP contribution is -2.48. The Kier molecular flexibility index (Phi) is 5.51. The molecule has 3 aromatic rings. The van der Waals surface area contributed by atoms with Crippen LogP contribution in [0.15, 0.2) is 89.9 Å². The van der Waals surface area contributed by atoms with E-state index in [9.17, 15) is 5.21 Å². The van der Waals surface area contributed by atoms with Gasteiger partial charge < -0.3 is 10.1 Å². The number of amidine groups is 1. The van der Waals surface area contributed by atoms with Crippen LogP contribution in [-0.2, 0) is 5.79 Å². The van der Waals surface area contributed by atoms with Gasteiger partial charge in [-0.05, 0) is 50.2 Å². The molecule has 3 aromatic carbocycles. The highest BCUT2D eigenvalue weighted by atomic mass is 16.5. The van der Waals surface area contributed by atoms with Gasteiger partial charge in [0.15, 0.2) is 0 Å². The number of anilines is 1. The Morgan fingerprint density at radius 1 is 0.935 bits per heavy atom. The van der Waals surface area contributed by atoms with Crippen LogP contribution in [0.5, 0.6) is 0 Å². The molecule has 5 nitrogen and oxygen atoms in total. The smallest absolute Gasteiger partial charge is 0.378 e. The predicted octanol–water partition coefficient (Wildman–Crippen LogP) is 4.61. The molecule has 0 bridgehead atoms. The predicted molar refractivity (Wildman–Crippen MR) is 128 cm³/mol. The summed E-state index contributed by atoms with van der Waals surface area (Å²) >= 11 is 0. The number of aryl methyl sites for hydroxylation is 1. The number of hydroxylamine groups is 1. The summed E-state index contributed by atoms with van der Waals surface area (Å²) in [5.74, 6) is -0.466. The fourth-order valence-electron chi connectivity index (χ4n) is 3.89. The molecule has 4 rings (SSSR count). The number of rotatable bonds is 4. The van der Waals surface area contributed by atoms with E-state index in [1.807, 2.05) is 86.6 Å². The summed E-state index contributed by atoms with van der Waals surface area (Å²) in [7, 11) is 3.89. The summed E-state index contributed by atoms with van der Waals surface area (Å²) in [6, 6.07) is 28.0. The number of nitrogens with zero attached hydrogens (tertiary/aromatic N) is 4. The first-order valence-electron chi connectivity index (χ1n) is 10.5. The van der Waals surface area contributed by atoms with Crippen molar-refractivity contribution in [3.05, 3.63) is 107 Å². The van der Waals surface area contributed by atoms with Crippen molar-refractivity contribution in [2.75, 3.05) is 25.5 Å². The van der Waals surface area contributed by atoms with Crippen molar-refractivity contribution in [2.24, 2.45) is 4.99 Å². The Morgan fingerprint density at radius 3 is 2.10 bits per heavy atom. The molecule has 0 saturated carbocycles. The van der Waals surface area contributed by atoms with Crippen molar-refractivity contribution < 1.29 is 4.74 Å². The normalized spacial score (nSPS) is 19.1. The summed E-state index contributed by atoms with van der Waals surface area (Å²) < 4.78 is 1.09. The third kappa shape index (κ3) is 3.67. The molecular weight excluding hydrogens is 384 g/mol. The minimum Gasteiger partial charge on any atom is -0.620 e. The lowest BCUT2D eigenvalue weighted by molar-refractivity contribution is -0.547. The van der Waals surface area contributed by atoms with Crippen molar-refractivity contribution in [1.29, 1.82) is 0 Å². The van der Waals surface area contributed by atoms with Gasteiger partial charge >= 0.3 is 5.79 Å². The zero-order valence-corrected chi connectivity index (χ0v) is 18.5. The zero-order valence-electron chi connectivity index (χ0n) is 18.5. The molecule has 0 aliphatic carbocycles. The summed E-state index contributed by atoms with van der Waals surface area (Å²) in [5, 5.41) is 14.1. The fourth-order valence-corrected chi connectivity index (χ4v) is 3.89. The van der Waals surface area contributed by atoms with Crippen molar-refractivity contribution in [2.45, 2.75) is 19.6 Å². The van der Waals surface area contributed by atoms with Gasteiger partial charge in [0.05, 0.1) is 5.56 Å². The van der Waals surface area contributed by atoms with Gasteiger partial charge in [0.1, 0.15) is 12.4 Å². The van der Waals surface area contributed by atoms with E-state index in [4.69, 9.17) is 4.99 Å². The third-order valence-corrected chi connectivity index (χ3v) is 5.79. The van der Waals surface area contributed by atoms with Gasteiger partial charge in [-0.25, -0.2) is 0 Å². The SMILES string of the molecule is C/C(=N/C1(c2ccccc2)N(c2ccc(C)cc2)CC(c2ccccc2)=[N+]1[O-])N(C)C. The third-order valence-electron chi connectivity index (χ3n) is 5.79. The fraction of sp³-hybridized carbons (Fsp3) is 0.231. The van der Waals surface area contributed by atoms with Crippen molar-refractivity contribution >= 4 is 17.2 Å². The van der Waals surface area contributed by atoms with Crippen molar-refractivity contribution in [1.82, 2.24) is 4.90 Å². The van der Waals surface area contributed by atoms with Crippen LogP contribution in [0.1, 0.15) is 23.6 Å². The Morgan fingerprint density at radius 2 is 1.52 bits per heavy atom. The van der Waals surface area contributed by atoms with E-state index in [1.54, 1.807) is 0 Å². The van der Waals surface area contributed by atoms with Gasteiger partial charge in [0.25, 0.3) is 0 Å². The molecule has 1 aliphatic heterocycles. The van der Waals surface area contributed by atoms with Gasteiger partial charge in [0, 0.05) is 25.3 Å². The highest BCUT2D eigenvalue weighted by molar-refractivity contribution is 6.01. The molecule has 0 amide bonds. The summed E-state index contributed by atoms with van der Waals surface area (Å²) in [6.45, 7) is 4.45. The maximum atomic E-state index is 14.1. The molecule has 0 aromatic heterocycles. The van der Waals surface area contributed by atoms with Crippen molar-refractivity contribution in [3.63, 3.8) is 0 Å². The number of hydrogen-bond acceptors (Lipinski definition) is 3. The monoisotopic (exact) mass is 412 g/mol. The highest BCUT2D eigenvalue weighted by Crippen LogP contribution is 2.40. The van der Waals surface area contributed by atoms with E-state index >= 15 is 0 Å². The lowest BCUT2D eigenvalue weighted by atomic mass is 10.1. The summed E-state index contributed by atoms with van der Waals surface area (Å²) in [5.41, 5.74) is 4.56. The molecule has 1 unspecified atom stereocenters. The average Bonchev–Trinajstić information content (AvgIpc) is 3.08. The van der Waals surface area contributed by atoms with E-state index in [1.165, 1.54) is 5.56 Å².